The van der Waals surface area contributed by atoms with Gasteiger partial charge in [-0.25, -0.2) is 4.98 Å². The van der Waals surface area contributed by atoms with Crippen LogP contribution in [0.25, 0.3) is 0 Å². The fraction of sp³-hybridized carbons (Fsp3) is 0.417. The zero-order valence-corrected chi connectivity index (χ0v) is 12.2. The summed E-state index contributed by atoms with van der Waals surface area (Å²) in [6.45, 7) is 5.16. The Morgan fingerprint density at radius 1 is 1.53 bits per heavy atom. The first-order chi connectivity index (χ1) is 8.25. The Labute approximate surface area is 114 Å². The van der Waals surface area contributed by atoms with Crippen LogP contribution >= 0.6 is 27.3 Å². The van der Waals surface area contributed by atoms with Crippen LogP contribution in [0.1, 0.15) is 16.2 Å². The molecule has 0 saturated heterocycles. The summed E-state index contributed by atoms with van der Waals surface area (Å²) in [5, 5.41) is 3.46. The lowest BCUT2D eigenvalue weighted by molar-refractivity contribution is 0.583. The third kappa shape index (κ3) is 3.94. The van der Waals surface area contributed by atoms with Gasteiger partial charge in [0.1, 0.15) is 0 Å². The van der Waals surface area contributed by atoms with E-state index in [9.17, 15) is 0 Å². The minimum Gasteiger partial charge on any atom is -0.337 e. The molecule has 0 unspecified atom stereocenters. The molecule has 0 atom stereocenters. The first-order valence-electron chi connectivity index (χ1n) is 5.67. The summed E-state index contributed by atoms with van der Waals surface area (Å²) in [5.74, 6) is 0. The Balaban J connectivity index is 1.63. The van der Waals surface area contributed by atoms with Gasteiger partial charge in [0, 0.05) is 39.7 Å². The van der Waals surface area contributed by atoms with Gasteiger partial charge >= 0.3 is 0 Å². The largest absolute Gasteiger partial charge is 0.337 e. The van der Waals surface area contributed by atoms with Crippen LogP contribution in [0.15, 0.2) is 29.3 Å². The minimum absolute atomic E-state index is 0.959. The zero-order valence-electron chi connectivity index (χ0n) is 9.82. The molecule has 1 N–H and O–H groups in total. The lowest BCUT2D eigenvalue weighted by atomic mass is 10.4. The van der Waals surface area contributed by atoms with Crippen LogP contribution in [0.4, 0.5) is 0 Å². The Hall–Kier alpha value is -0.650. The first kappa shape index (κ1) is 12.8. The molecule has 0 amide bonds. The topological polar surface area (TPSA) is 29.9 Å². The van der Waals surface area contributed by atoms with Crippen molar-refractivity contribution in [3.05, 3.63) is 39.0 Å². The van der Waals surface area contributed by atoms with Crippen molar-refractivity contribution in [1.82, 2.24) is 14.9 Å². The number of aryl methyl sites for hydroxylation is 2. The number of nitrogens with one attached hydrogen (secondary N) is 1. The molecule has 2 aromatic heterocycles. The second kappa shape index (κ2) is 6.33. The normalized spacial score (nSPS) is 10.9. The molecule has 5 heteroatoms. The monoisotopic (exact) mass is 313 g/mol. The highest BCUT2D eigenvalue weighted by Crippen LogP contribution is 2.25. The fourth-order valence-corrected chi connectivity index (χ4v) is 3.19. The number of aromatic nitrogens is 2. The van der Waals surface area contributed by atoms with Crippen LogP contribution in [0, 0.1) is 6.92 Å². The van der Waals surface area contributed by atoms with Crippen molar-refractivity contribution in [3.8, 4) is 0 Å². The van der Waals surface area contributed by atoms with Crippen LogP contribution in [-0.2, 0) is 13.1 Å². The Morgan fingerprint density at radius 3 is 3.06 bits per heavy atom. The SMILES string of the molecule is Cc1sc(CNCCCn2ccnc2)cc1Br. The van der Waals surface area contributed by atoms with Crippen molar-refractivity contribution < 1.29 is 0 Å². The lowest BCUT2D eigenvalue weighted by Crippen LogP contribution is -2.15. The summed E-state index contributed by atoms with van der Waals surface area (Å²) in [6, 6.07) is 2.20. The number of hydrogen-bond acceptors (Lipinski definition) is 3. The molecule has 0 saturated carbocycles. The van der Waals surface area contributed by atoms with Crippen molar-refractivity contribution in [3.63, 3.8) is 0 Å². The predicted octanol–water partition coefficient (Wildman–Crippen LogP) is 3.20. The maximum atomic E-state index is 4.02. The predicted molar refractivity (Wildman–Crippen MR) is 75.3 cm³/mol. The van der Waals surface area contributed by atoms with Crippen molar-refractivity contribution in [2.75, 3.05) is 6.54 Å². The van der Waals surface area contributed by atoms with Gasteiger partial charge in [-0.3, -0.25) is 0 Å². The Bertz CT molecular complexity index is 431. The molecular formula is C12H16BrN3S. The molecule has 0 radical (unpaired) electrons. The molecular weight excluding hydrogens is 298 g/mol. The molecule has 0 spiro atoms. The first-order valence-corrected chi connectivity index (χ1v) is 7.28. The van der Waals surface area contributed by atoms with E-state index in [1.807, 2.05) is 30.1 Å². The van der Waals surface area contributed by atoms with Gasteiger partial charge in [-0.15, -0.1) is 11.3 Å². The molecule has 17 heavy (non-hydrogen) atoms. The molecule has 0 bridgehead atoms. The molecule has 0 aliphatic carbocycles. The van der Waals surface area contributed by atoms with Gasteiger partial charge in [0.15, 0.2) is 0 Å². The lowest BCUT2D eigenvalue weighted by Gasteiger charge is -2.03. The van der Waals surface area contributed by atoms with Gasteiger partial charge in [0.2, 0.25) is 0 Å². The molecule has 92 valence electrons. The van der Waals surface area contributed by atoms with Crippen LogP contribution < -0.4 is 5.32 Å². The molecule has 3 nitrogen and oxygen atoms in total. The summed E-state index contributed by atoms with van der Waals surface area (Å²) in [5.41, 5.74) is 0. The third-order valence-electron chi connectivity index (χ3n) is 2.54. The van der Waals surface area contributed by atoms with E-state index in [2.05, 4.69) is 43.8 Å². The summed E-state index contributed by atoms with van der Waals surface area (Å²) in [4.78, 5) is 6.75. The summed E-state index contributed by atoms with van der Waals surface area (Å²) < 4.78 is 3.32. The van der Waals surface area contributed by atoms with Gasteiger partial charge in [0.05, 0.1) is 6.33 Å². The highest BCUT2D eigenvalue weighted by atomic mass is 79.9. The van der Waals surface area contributed by atoms with E-state index in [1.54, 1.807) is 0 Å². The molecule has 2 aromatic rings. The quantitative estimate of drug-likeness (QED) is 0.830. The second-order valence-electron chi connectivity index (χ2n) is 3.95. The van der Waals surface area contributed by atoms with Gasteiger partial charge in [-0.2, -0.15) is 0 Å². The summed E-state index contributed by atoms with van der Waals surface area (Å²) in [7, 11) is 0. The zero-order chi connectivity index (χ0) is 12.1. The number of rotatable bonds is 6. The standard InChI is InChI=1S/C12H16BrN3S/c1-10-12(13)7-11(17-10)8-14-3-2-5-16-6-4-15-9-16/h4,6-7,9,14H,2-3,5,8H2,1H3. The van der Waals surface area contributed by atoms with Gasteiger partial charge in [-0.05, 0) is 41.9 Å². The highest BCUT2D eigenvalue weighted by molar-refractivity contribution is 9.10. The summed E-state index contributed by atoms with van der Waals surface area (Å²) >= 11 is 5.38. The fourth-order valence-electron chi connectivity index (χ4n) is 1.62. The van der Waals surface area contributed by atoms with E-state index < -0.39 is 0 Å². The smallest absolute Gasteiger partial charge is 0.0945 e. The molecule has 2 rings (SSSR count). The van der Waals surface area contributed by atoms with E-state index in [0.717, 1.165) is 26.1 Å². The number of hydrogen-bond donors (Lipinski definition) is 1. The average molecular weight is 314 g/mol. The van der Waals surface area contributed by atoms with Gasteiger partial charge in [0.25, 0.3) is 0 Å². The van der Waals surface area contributed by atoms with E-state index >= 15 is 0 Å². The van der Waals surface area contributed by atoms with Crippen molar-refractivity contribution in [2.24, 2.45) is 0 Å². The average Bonchev–Trinajstić information content (AvgIpc) is 2.90. The maximum absolute atomic E-state index is 4.02. The highest BCUT2D eigenvalue weighted by Gasteiger charge is 2.01. The Kier molecular flexibility index (Phi) is 4.76. The summed E-state index contributed by atoms with van der Waals surface area (Å²) in [6.07, 6.45) is 6.81. The van der Waals surface area contributed by atoms with E-state index in [4.69, 9.17) is 0 Å². The van der Waals surface area contributed by atoms with E-state index in [-0.39, 0.29) is 0 Å². The second-order valence-corrected chi connectivity index (χ2v) is 6.14. The number of thiophene rings is 1. The minimum atomic E-state index is 0.959. The molecule has 0 aliphatic rings. The number of imidazole rings is 1. The Morgan fingerprint density at radius 2 is 2.41 bits per heavy atom. The number of halogens is 1. The molecule has 2 heterocycles. The van der Waals surface area contributed by atoms with Crippen molar-refractivity contribution >= 4 is 27.3 Å². The van der Waals surface area contributed by atoms with E-state index in [1.165, 1.54) is 14.2 Å². The van der Waals surface area contributed by atoms with Crippen LogP contribution in [0.5, 0.6) is 0 Å². The van der Waals surface area contributed by atoms with Gasteiger partial charge in [-0.1, -0.05) is 0 Å². The molecule has 0 fully saturated rings. The molecule has 0 aromatic carbocycles. The van der Waals surface area contributed by atoms with Crippen LogP contribution in [0.3, 0.4) is 0 Å². The van der Waals surface area contributed by atoms with Crippen molar-refractivity contribution in [1.29, 1.82) is 0 Å². The number of nitrogens with zero attached hydrogens (tertiary/aromatic N) is 2. The van der Waals surface area contributed by atoms with Crippen LogP contribution in [-0.4, -0.2) is 16.1 Å². The third-order valence-corrected chi connectivity index (χ3v) is 4.67. The van der Waals surface area contributed by atoms with Gasteiger partial charge < -0.3 is 9.88 Å². The van der Waals surface area contributed by atoms with Crippen LogP contribution in [0.2, 0.25) is 0 Å². The maximum Gasteiger partial charge on any atom is 0.0945 e. The van der Waals surface area contributed by atoms with Crippen molar-refractivity contribution in [2.45, 2.75) is 26.4 Å². The molecule has 0 aliphatic heterocycles. The van der Waals surface area contributed by atoms with E-state index in [0.29, 0.717) is 0 Å².